The van der Waals surface area contributed by atoms with Gasteiger partial charge in [0.2, 0.25) is 0 Å². The molecule has 0 heterocycles. The highest BCUT2D eigenvalue weighted by Crippen LogP contribution is 2.23. The second-order valence-electron chi connectivity index (χ2n) is 2.38. The first kappa shape index (κ1) is 9.00. The molecule has 0 unspecified atom stereocenters. The topological polar surface area (TPSA) is 43.1 Å². The van der Waals surface area contributed by atoms with Crippen LogP contribution < -0.4 is 0 Å². The molecular formula is C8H8ClNO2. The van der Waals surface area contributed by atoms with Gasteiger partial charge < -0.3 is 0 Å². The molecule has 0 aliphatic rings. The first-order chi connectivity index (χ1) is 5.65. The standard InChI is InChI=1S/C8H8ClNO2/c1-2-6-3-4-7(9)5-8(6)10(11)12/h3-5H,2H2,1H3. The fourth-order valence-electron chi connectivity index (χ4n) is 1.01. The third-order valence-electron chi connectivity index (χ3n) is 1.62. The van der Waals surface area contributed by atoms with Crippen molar-refractivity contribution < 1.29 is 4.92 Å². The molecule has 0 N–H and O–H groups in total. The maximum absolute atomic E-state index is 10.5. The van der Waals surface area contributed by atoms with Crippen molar-refractivity contribution in [3.63, 3.8) is 0 Å². The van der Waals surface area contributed by atoms with Crippen LogP contribution in [-0.2, 0) is 6.42 Å². The molecule has 1 rings (SSSR count). The van der Waals surface area contributed by atoms with Crippen LogP contribution in [0.15, 0.2) is 18.2 Å². The fraction of sp³-hybridized carbons (Fsp3) is 0.250. The molecule has 0 saturated carbocycles. The molecule has 0 saturated heterocycles. The van der Waals surface area contributed by atoms with Crippen LogP contribution in [0.3, 0.4) is 0 Å². The molecule has 0 spiro atoms. The lowest BCUT2D eigenvalue weighted by Gasteiger charge is -1.98. The number of rotatable bonds is 2. The summed E-state index contributed by atoms with van der Waals surface area (Å²) in [4.78, 5) is 10.1. The van der Waals surface area contributed by atoms with Crippen LogP contribution in [-0.4, -0.2) is 4.92 Å². The summed E-state index contributed by atoms with van der Waals surface area (Å²) in [7, 11) is 0. The van der Waals surface area contributed by atoms with Crippen molar-refractivity contribution in [2.75, 3.05) is 0 Å². The van der Waals surface area contributed by atoms with E-state index in [-0.39, 0.29) is 5.69 Å². The third kappa shape index (κ3) is 1.74. The van der Waals surface area contributed by atoms with E-state index in [1.165, 1.54) is 6.07 Å². The Morgan fingerprint density at radius 3 is 2.75 bits per heavy atom. The lowest BCUT2D eigenvalue weighted by molar-refractivity contribution is -0.385. The van der Waals surface area contributed by atoms with Crippen molar-refractivity contribution in [3.05, 3.63) is 38.9 Å². The second-order valence-corrected chi connectivity index (χ2v) is 2.82. The quantitative estimate of drug-likeness (QED) is 0.525. The van der Waals surface area contributed by atoms with E-state index in [2.05, 4.69) is 0 Å². The number of hydrogen-bond acceptors (Lipinski definition) is 2. The van der Waals surface area contributed by atoms with Crippen LogP contribution in [0.1, 0.15) is 12.5 Å². The van der Waals surface area contributed by atoms with Gasteiger partial charge in [0.1, 0.15) is 0 Å². The highest BCUT2D eigenvalue weighted by atomic mass is 35.5. The van der Waals surface area contributed by atoms with Crippen LogP contribution in [0.4, 0.5) is 5.69 Å². The molecule has 3 nitrogen and oxygen atoms in total. The molecule has 0 atom stereocenters. The van der Waals surface area contributed by atoms with Crippen molar-refractivity contribution in [2.45, 2.75) is 13.3 Å². The van der Waals surface area contributed by atoms with Gasteiger partial charge in [0.15, 0.2) is 0 Å². The number of hydrogen-bond donors (Lipinski definition) is 0. The maximum Gasteiger partial charge on any atom is 0.274 e. The second kappa shape index (κ2) is 3.54. The van der Waals surface area contributed by atoms with Crippen molar-refractivity contribution in [3.8, 4) is 0 Å². The minimum absolute atomic E-state index is 0.102. The smallest absolute Gasteiger partial charge is 0.258 e. The van der Waals surface area contributed by atoms with E-state index in [0.29, 0.717) is 17.0 Å². The Labute approximate surface area is 75.1 Å². The van der Waals surface area contributed by atoms with E-state index in [4.69, 9.17) is 11.6 Å². The molecule has 0 radical (unpaired) electrons. The summed E-state index contributed by atoms with van der Waals surface area (Å²) in [5, 5.41) is 10.9. The Hall–Kier alpha value is -1.09. The van der Waals surface area contributed by atoms with Gasteiger partial charge >= 0.3 is 0 Å². The first-order valence-corrected chi connectivity index (χ1v) is 3.95. The van der Waals surface area contributed by atoms with Gasteiger partial charge in [-0.2, -0.15) is 0 Å². The number of nitrogens with zero attached hydrogens (tertiary/aromatic N) is 1. The summed E-state index contributed by atoms with van der Waals surface area (Å²) in [5.41, 5.74) is 0.814. The highest BCUT2D eigenvalue weighted by Gasteiger charge is 2.11. The summed E-state index contributed by atoms with van der Waals surface area (Å²) < 4.78 is 0. The fourth-order valence-corrected chi connectivity index (χ4v) is 1.17. The van der Waals surface area contributed by atoms with Crippen molar-refractivity contribution in [1.82, 2.24) is 0 Å². The minimum Gasteiger partial charge on any atom is -0.258 e. The lowest BCUT2D eigenvalue weighted by atomic mass is 10.1. The number of nitro benzene ring substituents is 1. The summed E-state index contributed by atoms with van der Waals surface area (Å²) in [6.07, 6.45) is 0.646. The van der Waals surface area contributed by atoms with Gasteiger partial charge in [0, 0.05) is 16.7 Å². The molecule has 0 aromatic heterocycles. The first-order valence-electron chi connectivity index (χ1n) is 3.58. The SMILES string of the molecule is CCc1ccc(Cl)cc1[N+](=O)[O-]. The molecule has 0 aliphatic carbocycles. The number of nitro groups is 1. The van der Waals surface area contributed by atoms with Gasteiger partial charge in [-0.1, -0.05) is 24.6 Å². The van der Waals surface area contributed by atoms with Gasteiger partial charge in [0.05, 0.1) is 4.92 Å². The molecule has 0 bridgehead atoms. The Morgan fingerprint density at radius 2 is 2.25 bits per heavy atom. The molecule has 4 heteroatoms. The van der Waals surface area contributed by atoms with E-state index >= 15 is 0 Å². The maximum atomic E-state index is 10.5. The summed E-state index contributed by atoms with van der Waals surface area (Å²) in [5.74, 6) is 0. The largest absolute Gasteiger partial charge is 0.274 e. The summed E-state index contributed by atoms with van der Waals surface area (Å²) in [6.45, 7) is 1.87. The van der Waals surface area contributed by atoms with E-state index < -0.39 is 4.92 Å². The van der Waals surface area contributed by atoms with Gasteiger partial charge in [-0.25, -0.2) is 0 Å². The van der Waals surface area contributed by atoms with Crippen LogP contribution in [0.5, 0.6) is 0 Å². The highest BCUT2D eigenvalue weighted by molar-refractivity contribution is 6.30. The predicted octanol–water partition coefficient (Wildman–Crippen LogP) is 2.81. The summed E-state index contributed by atoms with van der Waals surface area (Å²) in [6, 6.07) is 4.72. The molecule has 1 aromatic rings. The number of halogens is 1. The lowest BCUT2D eigenvalue weighted by Crippen LogP contribution is -1.93. The summed E-state index contributed by atoms with van der Waals surface area (Å²) >= 11 is 5.61. The normalized spacial score (nSPS) is 9.83. The molecule has 64 valence electrons. The Balaban J connectivity index is 3.21. The van der Waals surface area contributed by atoms with Crippen LogP contribution in [0.2, 0.25) is 5.02 Å². The Morgan fingerprint density at radius 1 is 1.58 bits per heavy atom. The predicted molar refractivity (Wildman–Crippen MR) is 47.5 cm³/mol. The molecule has 1 aromatic carbocycles. The number of aryl methyl sites for hydroxylation is 1. The molecule has 0 fully saturated rings. The van der Waals surface area contributed by atoms with Crippen molar-refractivity contribution in [1.29, 1.82) is 0 Å². The molecule has 0 amide bonds. The monoisotopic (exact) mass is 185 g/mol. The van der Waals surface area contributed by atoms with E-state index in [1.807, 2.05) is 6.92 Å². The van der Waals surface area contributed by atoms with E-state index in [1.54, 1.807) is 12.1 Å². The van der Waals surface area contributed by atoms with Crippen molar-refractivity contribution >= 4 is 17.3 Å². The van der Waals surface area contributed by atoms with Crippen LogP contribution >= 0.6 is 11.6 Å². The Bertz CT molecular complexity index is 312. The van der Waals surface area contributed by atoms with E-state index in [0.717, 1.165) is 0 Å². The minimum atomic E-state index is -0.412. The zero-order valence-corrected chi connectivity index (χ0v) is 7.34. The van der Waals surface area contributed by atoms with E-state index in [9.17, 15) is 10.1 Å². The zero-order chi connectivity index (χ0) is 9.14. The molecule has 0 aliphatic heterocycles. The average Bonchev–Trinajstić information content (AvgIpc) is 2.04. The van der Waals surface area contributed by atoms with Crippen LogP contribution in [0, 0.1) is 10.1 Å². The van der Waals surface area contributed by atoms with Crippen molar-refractivity contribution in [2.24, 2.45) is 0 Å². The van der Waals surface area contributed by atoms with Gasteiger partial charge in [-0.05, 0) is 12.5 Å². The average molecular weight is 186 g/mol. The third-order valence-corrected chi connectivity index (χ3v) is 1.86. The zero-order valence-electron chi connectivity index (χ0n) is 6.58. The number of benzene rings is 1. The van der Waals surface area contributed by atoms with Gasteiger partial charge in [-0.3, -0.25) is 10.1 Å². The van der Waals surface area contributed by atoms with Gasteiger partial charge in [-0.15, -0.1) is 0 Å². The van der Waals surface area contributed by atoms with Crippen LogP contribution in [0.25, 0.3) is 0 Å². The molecular weight excluding hydrogens is 178 g/mol. The Kier molecular flexibility index (Phi) is 2.65. The molecule has 12 heavy (non-hydrogen) atoms. The van der Waals surface area contributed by atoms with Gasteiger partial charge in [0.25, 0.3) is 5.69 Å².